The lowest BCUT2D eigenvalue weighted by Gasteiger charge is -2.09. The molecule has 0 aliphatic carbocycles. The number of hydrogen-bond donors (Lipinski definition) is 1. The van der Waals surface area contributed by atoms with Crippen molar-refractivity contribution in [3.63, 3.8) is 0 Å². The van der Waals surface area contributed by atoms with Crippen molar-refractivity contribution in [2.45, 2.75) is 6.61 Å². The Hall–Kier alpha value is -1.61. The van der Waals surface area contributed by atoms with Gasteiger partial charge in [0.25, 0.3) is 0 Å². The van der Waals surface area contributed by atoms with Crippen LogP contribution in [0.2, 0.25) is 0 Å². The Labute approximate surface area is 149 Å². The van der Waals surface area contributed by atoms with Gasteiger partial charge in [-0.3, -0.25) is 0 Å². The van der Waals surface area contributed by atoms with Crippen molar-refractivity contribution in [3.05, 3.63) is 56.1 Å². The van der Waals surface area contributed by atoms with Gasteiger partial charge in [0, 0.05) is 10.0 Å². The molecule has 3 aromatic rings. The Balaban J connectivity index is 1.75. The van der Waals surface area contributed by atoms with Crippen LogP contribution in [0.3, 0.4) is 0 Å². The molecule has 0 atom stereocenters. The molecule has 1 aromatic heterocycles. The zero-order valence-electron chi connectivity index (χ0n) is 11.3. The van der Waals surface area contributed by atoms with E-state index in [-0.39, 0.29) is 6.01 Å². The highest BCUT2D eigenvalue weighted by molar-refractivity contribution is 14.1. The van der Waals surface area contributed by atoms with E-state index in [1.165, 1.54) is 0 Å². The van der Waals surface area contributed by atoms with E-state index in [1.807, 2.05) is 42.5 Å². The number of rotatable bonds is 4. The first-order chi connectivity index (χ1) is 10.6. The average Bonchev–Trinajstić information content (AvgIpc) is 2.93. The lowest BCUT2D eigenvalue weighted by atomic mass is 10.2. The molecule has 3 rings (SSSR count). The molecule has 0 amide bonds. The maximum atomic E-state index is 5.85. The van der Waals surface area contributed by atoms with Crippen molar-refractivity contribution in [2.75, 3.05) is 5.73 Å². The summed E-state index contributed by atoms with van der Waals surface area (Å²) < 4.78 is 13.1. The minimum Gasteiger partial charge on any atom is -0.488 e. The second kappa shape index (κ2) is 6.66. The van der Waals surface area contributed by atoms with Gasteiger partial charge in [0.15, 0.2) is 0 Å². The van der Waals surface area contributed by atoms with E-state index in [0.717, 1.165) is 24.9 Å². The first-order valence-corrected chi connectivity index (χ1v) is 8.25. The van der Waals surface area contributed by atoms with Crippen LogP contribution in [0.4, 0.5) is 6.01 Å². The summed E-state index contributed by atoms with van der Waals surface area (Å²) in [4.78, 5) is 0. The Kier molecular flexibility index (Phi) is 4.63. The number of halogens is 2. The van der Waals surface area contributed by atoms with Gasteiger partial charge in [-0.25, -0.2) is 0 Å². The molecular formula is C15H11BrIN3O2. The third-order valence-electron chi connectivity index (χ3n) is 2.90. The van der Waals surface area contributed by atoms with Crippen LogP contribution in [0.5, 0.6) is 5.75 Å². The van der Waals surface area contributed by atoms with Crippen LogP contribution in [0.25, 0.3) is 11.5 Å². The number of anilines is 1. The third kappa shape index (κ3) is 3.58. The molecule has 0 fully saturated rings. The Morgan fingerprint density at radius 3 is 2.73 bits per heavy atom. The topological polar surface area (TPSA) is 74.2 Å². The zero-order valence-corrected chi connectivity index (χ0v) is 15.0. The molecule has 7 heteroatoms. The summed E-state index contributed by atoms with van der Waals surface area (Å²) in [5.41, 5.74) is 7.34. The largest absolute Gasteiger partial charge is 0.488 e. The monoisotopic (exact) mass is 471 g/mol. The summed E-state index contributed by atoms with van der Waals surface area (Å²) in [5, 5.41) is 7.52. The predicted molar refractivity (Wildman–Crippen MR) is 95.3 cm³/mol. The fourth-order valence-electron chi connectivity index (χ4n) is 1.89. The number of nitrogens with two attached hydrogens (primary N) is 1. The second-order valence-corrected chi connectivity index (χ2v) is 6.59. The van der Waals surface area contributed by atoms with E-state index in [2.05, 4.69) is 48.7 Å². The van der Waals surface area contributed by atoms with Gasteiger partial charge in [-0.15, -0.1) is 5.10 Å². The van der Waals surface area contributed by atoms with Gasteiger partial charge in [-0.1, -0.05) is 33.2 Å². The van der Waals surface area contributed by atoms with E-state index in [4.69, 9.17) is 14.9 Å². The molecule has 0 spiro atoms. The highest BCUT2D eigenvalue weighted by Crippen LogP contribution is 2.28. The number of aromatic nitrogens is 2. The van der Waals surface area contributed by atoms with Gasteiger partial charge in [0.2, 0.25) is 5.89 Å². The molecule has 0 bridgehead atoms. The normalized spacial score (nSPS) is 10.6. The lowest BCUT2D eigenvalue weighted by molar-refractivity contribution is 0.304. The van der Waals surface area contributed by atoms with Gasteiger partial charge < -0.3 is 14.9 Å². The molecule has 0 saturated carbocycles. The maximum absolute atomic E-state index is 5.85. The van der Waals surface area contributed by atoms with E-state index in [1.54, 1.807) is 0 Å². The van der Waals surface area contributed by atoms with Crippen molar-refractivity contribution < 1.29 is 9.15 Å². The van der Waals surface area contributed by atoms with E-state index in [9.17, 15) is 0 Å². The minimum atomic E-state index is 0.0555. The summed E-state index contributed by atoms with van der Waals surface area (Å²) >= 11 is 5.66. The van der Waals surface area contributed by atoms with E-state index < -0.39 is 0 Å². The van der Waals surface area contributed by atoms with Crippen molar-refractivity contribution in [2.24, 2.45) is 0 Å². The molecule has 112 valence electrons. The van der Waals surface area contributed by atoms with Gasteiger partial charge in [0.05, 0.1) is 3.57 Å². The standard InChI is InChI=1S/C15H11BrIN3O2/c16-11-3-1-2-9(6-11)8-21-13-5-4-10(7-12(13)17)14-19-20-15(18)22-14/h1-7H,8H2,(H2,18,20). The smallest absolute Gasteiger partial charge is 0.313 e. The molecule has 2 aromatic carbocycles. The Morgan fingerprint density at radius 2 is 2.05 bits per heavy atom. The summed E-state index contributed by atoms with van der Waals surface area (Å²) in [6.07, 6.45) is 0. The highest BCUT2D eigenvalue weighted by atomic mass is 127. The van der Waals surface area contributed by atoms with Gasteiger partial charge in [-0.2, -0.15) is 0 Å². The maximum Gasteiger partial charge on any atom is 0.313 e. The molecule has 0 aliphatic heterocycles. The number of nitrogen functional groups attached to an aromatic ring is 1. The predicted octanol–water partition coefficient (Wildman–Crippen LogP) is 4.26. The Bertz CT molecular complexity index is 807. The van der Waals surface area contributed by atoms with Crippen LogP contribution in [-0.2, 0) is 6.61 Å². The number of hydrogen-bond acceptors (Lipinski definition) is 5. The molecule has 22 heavy (non-hydrogen) atoms. The van der Waals surface area contributed by atoms with Crippen LogP contribution < -0.4 is 10.5 Å². The Morgan fingerprint density at radius 1 is 1.18 bits per heavy atom. The van der Waals surface area contributed by atoms with Crippen molar-refractivity contribution in [3.8, 4) is 17.2 Å². The first-order valence-electron chi connectivity index (χ1n) is 6.38. The quantitative estimate of drug-likeness (QED) is 0.575. The summed E-state index contributed by atoms with van der Waals surface area (Å²) in [7, 11) is 0. The lowest BCUT2D eigenvalue weighted by Crippen LogP contribution is -1.97. The third-order valence-corrected chi connectivity index (χ3v) is 4.24. The summed E-state index contributed by atoms with van der Waals surface area (Å²) in [5.74, 6) is 1.20. The molecule has 0 saturated heterocycles. The van der Waals surface area contributed by atoms with E-state index in [0.29, 0.717) is 12.5 Å². The first kappa shape index (κ1) is 15.3. The van der Waals surface area contributed by atoms with Crippen molar-refractivity contribution >= 4 is 44.5 Å². The fraction of sp³-hybridized carbons (Fsp3) is 0.0667. The molecule has 5 nitrogen and oxygen atoms in total. The van der Waals surface area contributed by atoms with Crippen LogP contribution in [-0.4, -0.2) is 10.2 Å². The van der Waals surface area contributed by atoms with Gasteiger partial charge in [-0.05, 0) is 58.5 Å². The molecule has 0 aliphatic rings. The van der Waals surface area contributed by atoms with Gasteiger partial charge >= 0.3 is 6.01 Å². The molecule has 2 N–H and O–H groups in total. The average molecular weight is 472 g/mol. The second-order valence-electron chi connectivity index (χ2n) is 4.51. The van der Waals surface area contributed by atoms with Crippen LogP contribution >= 0.6 is 38.5 Å². The molecule has 1 heterocycles. The van der Waals surface area contributed by atoms with Crippen LogP contribution in [0.1, 0.15) is 5.56 Å². The summed E-state index contributed by atoms with van der Waals surface area (Å²) in [6, 6.07) is 13.7. The minimum absolute atomic E-state index is 0.0555. The fourth-order valence-corrected chi connectivity index (χ4v) is 3.01. The molecule has 0 unspecified atom stereocenters. The SMILES string of the molecule is Nc1nnc(-c2ccc(OCc3cccc(Br)c3)c(I)c2)o1. The highest BCUT2D eigenvalue weighted by Gasteiger charge is 2.10. The molecular weight excluding hydrogens is 461 g/mol. The van der Waals surface area contributed by atoms with Gasteiger partial charge in [0.1, 0.15) is 12.4 Å². The summed E-state index contributed by atoms with van der Waals surface area (Å²) in [6.45, 7) is 0.502. The molecule has 0 radical (unpaired) electrons. The zero-order chi connectivity index (χ0) is 15.5. The van der Waals surface area contributed by atoms with E-state index >= 15 is 0 Å². The number of ether oxygens (including phenoxy) is 1. The van der Waals surface area contributed by atoms with Crippen LogP contribution in [0.15, 0.2) is 51.4 Å². The number of nitrogens with zero attached hydrogens (tertiary/aromatic N) is 2. The van der Waals surface area contributed by atoms with Crippen molar-refractivity contribution in [1.82, 2.24) is 10.2 Å². The van der Waals surface area contributed by atoms with Crippen molar-refractivity contribution in [1.29, 1.82) is 0 Å². The number of benzene rings is 2. The van der Waals surface area contributed by atoms with Crippen LogP contribution in [0, 0.1) is 3.57 Å².